The van der Waals surface area contributed by atoms with Gasteiger partial charge in [0.1, 0.15) is 5.75 Å². The van der Waals surface area contributed by atoms with Gasteiger partial charge in [0.05, 0.1) is 13.3 Å². The minimum absolute atomic E-state index is 0.0393. The molecule has 0 fully saturated rings. The lowest BCUT2D eigenvalue weighted by atomic mass is 10.2. The van der Waals surface area contributed by atoms with Crippen LogP contribution in [0.5, 0.6) is 5.75 Å². The van der Waals surface area contributed by atoms with E-state index in [1.807, 2.05) is 31.2 Å². The average molecular weight is 339 g/mol. The van der Waals surface area contributed by atoms with Gasteiger partial charge in [-0.3, -0.25) is 9.59 Å². The van der Waals surface area contributed by atoms with E-state index in [2.05, 4.69) is 15.8 Å². The number of anilines is 1. The Bertz CT molecular complexity index is 755. The molecule has 0 aliphatic carbocycles. The SMILES string of the molecule is CCCC(=O)Nc1ccc(C(=O)NN=Cc2cccc(OC)c2)cc1. The van der Waals surface area contributed by atoms with E-state index in [1.165, 1.54) is 0 Å². The average Bonchev–Trinajstić information content (AvgIpc) is 2.62. The molecule has 0 saturated carbocycles. The predicted octanol–water partition coefficient (Wildman–Crippen LogP) is 3.20. The summed E-state index contributed by atoms with van der Waals surface area (Å²) >= 11 is 0. The van der Waals surface area contributed by atoms with Crippen LogP contribution >= 0.6 is 0 Å². The second-order valence-electron chi connectivity index (χ2n) is 5.35. The van der Waals surface area contributed by atoms with Crippen LogP contribution in [0.15, 0.2) is 53.6 Å². The van der Waals surface area contributed by atoms with Crippen molar-refractivity contribution in [3.8, 4) is 5.75 Å². The highest BCUT2D eigenvalue weighted by Gasteiger charge is 2.05. The van der Waals surface area contributed by atoms with Gasteiger partial charge in [-0.15, -0.1) is 0 Å². The van der Waals surface area contributed by atoms with E-state index in [0.29, 0.717) is 17.7 Å². The number of carbonyl (C=O) groups excluding carboxylic acids is 2. The normalized spacial score (nSPS) is 10.5. The van der Waals surface area contributed by atoms with E-state index in [-0.39, 0.29) is 11.8 Å². The van der Waals surface area contributed by atoms with Gasteiger partial charge in [-0.05, 0) is 48.4 Å². The number of hydrazone groups is 1. The number of hydrogen-bond acceptors (Lipinski definition) is 4. The maximum absolute atomic E-state index is 12.1. The summed E-state index contributed by atoms with van der Waals surface area (Å²) in [5, 5.41) is 6.71. The van der Waals surface area contributed by atoms with E-state index in [0.717, 1.165) is 17.7 Å². The van der Waals surface area contributed by atoms with Crippen molar-refractivity contribution >= 4 is 23.7 Å². The fourth-order valence-electron chi connectivity index (χ4n) is 2.11. The zero-order valence-electron chi connectivity index (χ0n) is 14.3. The molecular weight excluding hydrogens is 318 g/mol. The van der Waals surface area contributed by atoms with Crippen LogP contribution in [0.4, 0.5) is 5.69 Å². The molecule has 0 spiro atoms. The molecular formula is C19H21N3O3. The number of nitrogens with one attached hydrogen (secondary N) is 2. The van der Waals surface area contributed by atoms with E-state index in [1.54, 1.807) is 37.6 Å². The van der Waals surface area contributed by atoms with Gasteiger partial charge >= 0.3 is 0 Å². The van der Waals surface area contributed by atoms with Crippen LogP contribution in [0, 0.1) is 0 Å². The van der Waals surface area contributed by atoms with Crippen LogP contribution in [0.2, 0.25) is 0 Å². The molecule has 2 aromatic rings. The Morgan fingerprint density at radius 2 is 1.92 bits per heavy atom. The molecule has 6 heteroatoms. The van der Waals surface area contributed by atoms with Gasteiger partial charge in [-0.25, -0.2) is 5.43 Å². The molecule has 6 nitrogen and oxygen atoms in total. The molecule has 0 aliphatic rings. The Kier molecular flexibility index (Phi) is 6.71. The lowest BCUT2D eigenvalue weighted by Gasteiger charge is -2.05. The van der Waals surface area contributed by atoms with Crippen molar-refractivity contribution in [2.75, 3.05) is 12.4 Å². The standard InChI is InChI=1S/C19H21N3O3/c1-3-5-18(23)21-16-10-8-15(9-11-16)19(24)22-20-13-14-6-4-7-17(12-14)25-2/h4,6-13H,3,5H2,1-2H3,(H,21,23)(H,22,24). The maximum atomic E-state index is 12.1. The number of ether oxygens (including phenoxy) is 1. The van der Waals surface area contributed by atoms with Crippen LogP contribution in [0.25, 0.3) is 0 Å². The Labute approximate surface area is 146 Å². The fraction of sp³-hybridized carbons (Fsp3) is 0.211. The van der Waals surface area contributed by atoms with Gasteiger partial charge in [0.25, 0.3) is 5.91 Å². The van der Waals surface area contributed by atoms with Crippen molar-refractivity contribution in [1.29, 1.82) is 0 Å². The van der Waals surface area contributed by atoms with Crippen LogP contribution in [-0.2, 0) is 4.79 Å². The summed E-state index contributed by atoms with van der Waals surface area (Å²) in [4.78, 5) is 23.6. The molecule has 2 aromatic carbocycles. The predicted molar refractivity (Wildman–Crippen MR) is 98.0 cm³/mol. The van der Waals surface area contributed by atoms with E-state index in [4.69, 9.17) is 4.74 Å². The first-order chi connectivity index (χ1) is 12.1. The molecule has 0 heterocycles. The molecule has 0 atom stereocenters. The monoisotopic (exact) mass is 339 g/mol. The second kappa shape index (κ2) is 9.22. The number of amides is 2. The van der Waals surface area contributed by atoms with Gasteiger partial charge in [0.2, 0.25) is 5.91 Å². The fourth-order valence-corrected chi connectivity index (χ4v) is 2.11. The summed E-state index contributed by atoms with van der Waals surface area (Å²) in [5.41, 5.74) is 4.40. The number of nitrogens with zero attached hydrogens (tertiary/aromatic N) is 1. The van der Waals surface area contributed by atoms with Gasteiger partial charge in [0.15, 0.2) is 0 Å². The minimum atomic E-state index is -0.328. The third-order valence-electron chi connectivity index (χ3n) is 3.38. The zero-order chi connectivity index (χ0) is 18.1. The molecule has 0 aromatic heterocycles. The van der Waals surface area contributed by atoms with Crippen molar-refractivity contribution in [1.82, 2.24) is 5.43 Å². The highest BCUT2D eigenvalue weighted by Crippen LogP contribution is 2.11. The lowest BCUT2D eigenvalue weighted by molar-refractivity contribution is -0.116. The molecule has 2 N–H and O–H groups in total. The molecule has 2 amide bonds. The Morgan fingerprint density at radius 1 is 1.16 bits per heavy atom. The largest absolute Gasteiger partial charge is 0.497 e. The van der Waals surface area contributed by atoms with E-state index in [9.17, 15) is 9.59 Å². The highest BCUT2D eigenvalue weighted by atomic mass is 16.5. The second-order valence-corrected chi connectivity index (χ2v) is 5.35. The maximum Gasteiger partial charge on any atom is 0.271 e. The molecule has 0 unspecified atom stereocenters. The van der Waals surface area contributed by atoms with Gasteiger partial charge in [0, 0.05) is 17.7 Å². The van der Waals surface area contributed by atoms with Gasteiger partial charge in [-0.2, -0.15) is 5.10 Å². The molecule has 0 bridgehead atoms. The first-order valence-corrected chi connectivity index (χ1v) is 7.99. The lowest BCUT2D eigenvalue weighted by Crippen LogP contribution is -2.17. The summed E-state index contributed by atoms with van der Waals surface area (Å²) in [7, 11) is 1.59. The summed E-state index contributed by atoms with van der Waals surface area (Å²) in [6.45, 7) is 1.94. The molecule has 130 valence electrons. The number of methoxy groups -OCH3 is 1. The Morgan fingerprint density at radius 3 is 2.60 bits per heavy atom. The van der Waals surface area contributed by atoms with Gasteiger partial charge < -0.3 is 10.1 Å². The van der Waals surface area contributed by atoms with Crippen molar-refractivity contribution in [2.24, 2.45) is 5.10 Å². The van der Waals surface area contributed by atoms with Crippen molar-refractivity contribution in [3.63, 3.8) is 0 Å². The number of carbonyl (C=O) groups is 2. The summed E-state index contributed by atoms with van der Waals surface area (Å²) < 4.78 is 5.13. The quantitative estimate of drug-likeness (QED) is 0.600. The van der Waals surface area contributed by atoms with Crippen LogP contribution in [0.3, 0.4) is 0 Å². The third kappa shape index (κ3) is 5.76. The Balaban J connectivity index is 1.92. The minimum Gasteiger partial charge on any atom is -0.497 e. The molecule has 25 heavy (non-hydrogen) atoms. The molecule has 0 saturated heterocycles. The molecule has 2 rings (SSSR count). The van der Waals surface area contributed by atoms with Crippen LogP contribution in [-0.4, -0.2) is 25.1 Å². The highest BCUT2D eigenvalue weighted by molar-refractivity contribution is 5.96. The van der Waals surface area contributed by atoms with E-state index < -0.39 is 0 Å². The van der Waals surface area contributed by atoms with E-state index >= 15 is 0 Å². The molecule has 0 radical (unpaired) electrons. The smallest absolute Gasteiger partial charge is 0.271 e. The Hall–Kier alpha value is -3.15. The summed E-state index contributed by atoms with van der Waals surface area (Å²) in [6.07, 6.45) is 2.80. The van der Waals surface area contributed by atoms with Crippen molar-refractivity contribution < 1.29 is 14.3 Å². The van der Waals surface area contributed by atoms with Gasteiger partial charge in [-0.1, -0.05) is 19.1 Å². The molecule has 0 aliphatic heterocycles. The number of hydrogen-bond donors (Lipinski definition) is 2. The summed E-state index contributed by atoms with van der Waals surface area (Å²) in [5.74, 6) is 0.351. The summed E-state index contributed by atoms with van der Waals surface area (Å²) in [6, 6.07) is 14.0. The van der Waals surface area contributed by atoms with Crippen molar-refractivity contribution in [3.05, 3.63) is 59.7 Å². The van der Waals surface area contributed by atoms with Crippen LogP contribution in [0.1, 0.15) is 35.7 Å². The third-order valence-corrected chi connectivity index (χ3v) is 3.38. The van der Waals surface area contributed by atoms with Crippen molar-refractivity contribution in [2.45, 2.75) is 19.8 Å². The van der Waals surface area contributed by atoms with Crippen LogP contribution < -0.4 is 15.5 Å². The first-order valence-electron chi connectivity index (χ1n) is 7.99. The topological polar surface area (TPSA) is 79.8 Å². The first kappa shape index (κ1) is 18.2. The zero-order valence-corrected chi connectivity index (χ0v) is 14.3. The number of benzene rings is 2. The number of rotatable bonds is 7.